The maximum Gasteiger partial charge on any atom is 0.414 e. The third kappa shape index (κ3) is 6.48. The highest BCUT2D eigenvalue weighted by Crippen LogP contribution is 2.23. The Morgan fingerprint density at radius 2 is 1.78 bits per heavy atom. The molecular formula is C25H36N4O3. The Kier molecular flexibility index (Phi) is 8.04. The summed E-state index contributed by atoms with van der Waals surface area (Å²) in [6.45, 7) is 6.16. The summed E-state index contributed by atoms with van der Waals surface area (Å²) in [5, 5.41) is 7.49. The lowest BCUT2D eigenvalue weighted by Crippen LogP contribution is -2.38. The number of rotatable bonds is 8. The van der Waals surface area contributed by atoms with Crippen LogP contribution in [-0.4, -0.2) is 53.1 Å². The third-order valence-corrected chi connectivity index (χ3v) is 6.34. The molecule has 1 saturated heterocycles. The quantitative estimate of drug-likeness (QED) is 0.594. The van der Waals surface area contributed by atoms with Crippen molar-refractivity contribution in [2.45, 2.75) is 70.8 Å². The van der Waals surface area contributed by atoms with E-state index in [1.807, 2.05) is 31.2 Å². The number of aromatic nitrogens is 2. The van der Waals surface area contributed by atoms with Crippen molar-refractivity contribution in [3.8, 4) is 17.3 Å². The lowest BCUT2D eigenvalue weighted by atomic mass is 9.96. The predicted octanol–water partition coefficient (Wildman–Crippen LogP) is 4.86. The number of carbonyl (C=O) groups excluding carboxylic acids is 1. The summed E-state index contributed by atoms with van der Waals surface area (Å²) < 4.78 is 13.2. The van der Waals surface area contributed by atoms with E-state index in [1.165, 1.54) is 38.8 Å². The molecule has 1 aliphatic carbocycles. The van der Waals surface area contributed by atoms with E-state index in [2.05, 4.69) is 15.3 Å². The lowest BCUT2D eigenvalue weighted by Gasteiger charge is -2.26. The van der Waals surface area contributed by atoms with E-state index >= 15 is 0 Å². The van der Waals surface area contributed by atoms with Gasteiger partial charge >= 0.3 is 6.09 Å². The second-order valence-corrected chi connectivity index (χ2v) is 9.00. The second-order valence-electron chi connectivity index (χ2n) is 9.00. The molecule has 174 valence electrons. The first kappa shape index (κ1) is 22.6. The van der Waals surface area contributed by atoms with Crippen molar-refractivity contribution in [1.82, 2.24) is 20.0 Å². The molecule has 0 unspecified atom stereocenters. The first-order valence-corrected chi connectivity index (χ1v) is 12.2. The molecule has 2 aromatic rings. The van der Waals surface area contributed by atoms with Gasteiger partial charge in [0.25, 0.3) is 0 Å². The Hall–Kier alpha value is -2.54. The summed E-state index contributed by atoms with van der Waals surface area (Å²) in [7, 11) is 0. The van der Waals surface area contributed by atoms with Crippen LogP contribution in [0.2, 0.25) is 0 Å². The van der Waals surface area contributed by atoms with Crippen LogP contribution in [0.1, 0.15) is 63.5 Å². The van der Waals surface area contributed by atoms with Gasteiger partial charge < -0.3 is 19.7 Å². The molecule has 0 bridgehead atoms. The van der Waals surface area contributed by atoms with E-state index in [9.17, 15) is 4.79 Å². The van der Waals surface area contributed by atoms with Crippen LogP contribution in [0.5, 0.6) is 11.6 Å². The van der Waals surface area contributed by atoms with Crippen LogP contribution in [0.4, 0.5) is 4.79 Å². The van der Waals surface area contributed by atoms with Crippen molar-refractivity contribution in [2.24, 2.45) is 0 Å². The molecule has 1 aromatic heterocycles. The van der Waals surface area contributed by atoms with Gasteiger partial charge in [0.05, 0.1) is 18.0 Å². The Morgan fingerprint density at radius 3 is 2.53 bits per heavy atom. The average molecular weight is 441 g/mol. The third-order valence-electron chi connectivity index (χ3n) is 6.34. The SMILES string of the molecule is Cc1cc(OC(=O)NC2CCCCC2)n(-c2ccc(OCCCN3CCCCC3)cc2)n1. The van der Waals surface area contributed by atoms with Crippen molar-refractivity contribution in [3.05, 3.63) is 36.0 Å². The van der Waals surface area contributed by atoms with Crippen molar-refractivity contribution in [3.63, 3.8) is 0 Å². The maximum atomic E-state index is 12.4. The van der Waals surface area contributed by atoms with Gasteiger partial charge in [-0.15, -0.1) is 0 Å². The first-order chi connectivity index (χ1) is 15.7. The van der Waals surface area contributed by atoms with Gasteiger partial charge in [-0.2, -0.15) is 5.10 Å². The number of amides is 1. The molecule has 0 atom stereocenters. The molecule has 1 aromatic carbocycles. The number of likely N-dealkylation sites (tertiary alicyclic amines) is 1. The van der Waals surface area contributed by atoms with Crippen LogP contribution >= 0.6 is 0 Å². The van der Waals surface area contributed by atoms with Gasteiger partial charge in [0.1, 0.15) is 5.75 Å². The molecule has 1 saturated carbocycles. The monoisotopic (exact) mass is 440 g/mol. The molecule has 1 amide bonds. The second kappa shape index (κ2) is 11.4. The molecular weight excluding hydrogens is 404 g/mol. The Labute approximate surface area is 191 Å². The van der Waals surface area contributed by atoms with Crippen LogP contribution in [0.15, 0.2) is 30.3 Å². The number of nitrogens with zero attached hydrogens (tertiary/aromatic N) is 3. The fraction of sp³-hybridized carbons (Fsp3) is 0.600. The molecule has 0 spiro atoms. The zero-order valence-corrected chi connectivity index (χ0v) is 19.2. The van der Waals surface area contributed by atoms with Crippen molar-refractivity contribution < 1.29 is 14.3 Å². The number of ether oxygens (including phenoxy) is 2. The number of hydrogen-bond acceptors (Lipinski definition) is 5. The van der Waals surface area contributed by atoms with E-state index in [0.29, 0.717) is 12.5 Å². The number of hydrogen-bond donors (Lipinski definition) is 1. The highest BCUT2D eigenvalue weighted by atomic mass is 16.6. The molecule has 1 aliphatic heterocycles. The summed E-state index contributed by atoms with van der Waals surface area (Å²) in [6.07, 6.45) is 10.3. The normalized spacial score (nSPS) is 17.8. The van der Waals surface area contributed by atoms with Crippen molar-refractivity contribution in [2.75, 3.05) is 26.2 Å². The topological polar surface area (TPSA) is 68.6 Å². The standard InChI is InChI=1S/C25H36N4O3/c1-20-19-24(32-25(30)26-21-9-4-2-5-10-21)29(27-20)22-11-13-23(14-12-22)31-18-8-17-28-15-6-3-7-16-28/h11-14,19,21H,2-10,15-18H2,1H3,(H,26,30). The lowest BCUT2D eigenvalue weighted by molar-refractivity contribution is 0.189. The predicted molar refractivity (Wildman–Crippen MR) is 125 cm³/mol. The molecule has 32 heavy (non-hydrogen) atoms. The molecule has 2 aliphatic rings. The Balaban J connectivity index is 1.29. The number of benzene rings is 1. The average Bonchev–Trinajstić information content (AvgIpc) is 3.18. The highest BCUT2D eigenvalue weighted by Gasteiger charge is 2.19. The van der Waals surface area contributed by atoms with Crippen molar-refractivity contribution in [1.29, 1.82) is 0 Å². The number of aryl methyl sites for hydroxylation is 1. The summed E-state index contributed by atoms with van der Waals surface area (Å²) in [5.74, 6) is 1.26. The molecule has 2 heterocycles. The van der Waals surface area contributed by atoms with Gasteiger partial charge in [0, 0.05) is 18.7 Å². The van der Waals surface area contributed by atoms with Gasteiger partial charge in [-0.1, -0.05) is 25.7 Å². The van der Waals surface area contributed by atoms with Gasteiger partial charge in [0.2, 0.25) is 5.88 Å². The molecule has 7 heteroatoms. The zero-order valence-electron chi connectivity index (χ0n) is 19.2. The Morgan fingerprint density at radius 1 is 1.06 bits per heavy atom. The first-order valence-electron chi connectivity index (χ1n) is 12.2. The van der Waals surface area contributed by atoms with E-state index < -0.39 is 6.09 Å². The molecule has 1 N–H and O–H groups in total. The summed E-state index contributed by atoms with van der Waals surface area (Å²) in [4.78, 5) is 14.9. The molecule has 4 rings (SSSR count). The van der Waals surface area contributed by atoms with Crippen LogP contribution in [0, 0.1) is 6.92 Å². The molecule has 2 fully saturated rings. The minimum atomic E-state index is -0.410. The number of nitrogens with one attached hydrogen (secondary N) is 1. The van der Waals surface area contributed by atoms with E-state index in [0.717, 1.165) is 55.8 Å². The molecule has 0 radical (unpaired) electrons. The van der Waals surface area contributed by atoms with Crippen LogP contribution in [0.25, 0.3) is 5.69 Å². The number of piperidine rings is 1. The van der Waals surface area contributed by atoms with Gasteiger partial charge in [-0.25, -0.2) is 9.48 Å². The largest absolute Gasteiger partial charge is 0.494 e. The Bertz CT molecular complexity index is 853. The zero-order chi connectivity index (χ0) is 22.2. The summed E-state index contributed by atoms with van der Waals surface area (Å²) >= 11 is 0. The fourth-order valence-electron chi connectivity index (χ4n) is 4.62. The van der Waals surface area contributed by atoms with Gasteiger partial charge in [-0.05, 0) is 76.4 Å². The minimum Gasteiger partial charge on any atom is -0.494 e. The summed E-state index contributed by atoms with van der Waals surface area (Å²) in [5.41, 5.74) is 1.63. The smallest absolute Gasteiger partial charge is 0.414 e. The van der Waals surface area contributed by atoms with E-state index in [1.54, 1.807) is 10.7 Å². The minimum absolute atomic E-state index is 0.208. The van der Waals surface area contributed by atoms with Crippen LogP contribution in [0.3, 0.4) is 0 Å². The molecule has 7 nitrogen and oxygen atoms in total. The van der Waals surface area contributed by atoms with Gasteiger partial charge in [0.15, 0.2) is 0 Å². The van der Waals surface area contributed by atoms with E-state index in [4.69, 9.17) is 9.47 Å². The van der Waals surface area contributed by atoms with Crippen LogP contribution in [-0.2, 0) is 0 Å². The fourth-order valence-corrected chi connectivity index (χ4v) is 4.62. The maximum absolute atomic E-state index is 12.4. The van der Waals surface area contributed by atoms with Crippen LogP contribution < -0.4 is 14.8 Å². The summed E-state index contributed by atoms with van der Waals surface area (Å²) in [6, 6.07) is 9.76. The van der Waals surface area contributed by atoms with Gasteiger partial charge in [-0.3, -0.25) is 0 Å². The van der Waals surface area contributed by atoms with Crippen molar-refractivity contribution >= 4 is 6.09 Å². The van der Waals surface area contributed by atoms with E-state index in [-0.39, 0.29) is 6.04 Å². The number of carbonyl (C=O) groups is 1. The highest BCUT2D eigenvalue weighted by molar-refractivity contribution is 5.70.